The van der Waals surface area contributed by atoms with Crippen LogP contribution in [0.3, 0.4) is 0 Å². The predicted octanol–water partition coefficient (Wildman–Crippen LogP) is 4.15. The molecule has 3 amide bonds. The molecule has 0 atom stereocenters. The smallest absolute Gasteiger partial charge is 0.254 e. The Balaban J connectivity index is 1.29. The summed E-state index contributed by atoms with van der Waals surface area (Å²) in [5, 5.41) is 2.90. The van der Waals surface area contributed by atoms with Gasteiger partial charge in [-0.15, -0.1) is 0 Å². The molecule has 1 N–H and O–H groups in total. The fourth-order valence-electron chi connectivity index (χ4n) is 4.50. The lowest BCUT2D eigenvalue weighted by Gasteiger charge is -2.36. The van der Waals surface area contributed by atoms with Gasteiger partial charge in [0, 0.05) is 55.2 Å². The summed E-state index contributed by atoms with van der Waals surface area (Å²) in [4.78, 5) is 44.0. The minimum Gasteiger partial charge on any atom is -0.497 e. The van der Waals surface area contributed by atoms with Crippen LogP contribution in [0.1, 0.15) is 34.1 Å². The van der Waals surface area contributed by atoms with Crippen molar-refractivity contribution in [2.24, 2.45) is 0 Å². The third-order valence-corrected chi connectivity index (χ3v) is 6.56. The van der Waals surface area contributed by atoms with Crippen LogP contribution >= 0.6 is 0 Å². The fraction of sp³-hybridized carbons (Fsp3) is 0.300. The van der Waals surface area contributed by atoms with E-state index in [4.69, 9.17) is 4.74 Å². The molecule has 0 aliphatic carbocycles. The maximum atomic E-state index is 12.8. The Kier molecular flexibility index (Phi) is 8.98. The molecule has 1 heterocycles. The molecule has 198 valence electrons. The van der Waals surface area contributed by atoms with E-state index in [0.29, 0.717) is 36.4 Å². The van der Waals surface area contributed by atoms with Gasteiger partial charge >= 0.3 is 0 Å². The molecular weight excluding hydrogens is 480 g/mol. The largest absolute Gasteiger partial charge is 0.497 e. The molecule has 4 rings (SSSR count). The second-order valence-electron chi connectivity index (χ2n) is 9.20. The number of ether oxygens (including phenoxy) is 1. The third-order valence-electron chi connectivity index (χ3n) is 6.56. The van der Waals surface area contributed by atoms with E-state index in [1.54, 1.807) is 48.4 Å². The number of hydrogen-bond acceptors (Lipinski definition) is 5. The van der Waals surface area contributed by atoms with Gasteiger partial charge in [-0.3, -0.25) is 14.4 Å². The molecular formula is C30H34N4O4. The molecule has 3 aromatic rings. The minimum atomic E-state index is -0.235. The number of nitrogens with zero attached hydrogens (tertiary/aromatic N) is 3. The van der Waals surface area contributed by atoms with Crippen LogP contribution in [-0.4, -0.2) is 73.9 Å². The van der Waals surface area contributed by atoms with E-state index < -0.39 is 0 Å². The SMILES string of the molecule is CCCN(CC(=O)Nc1ccc(N2CCN(C(=O)c3ccc(OC)cc3)CC2)cc1)C(=O)c1ccccc1. The van der Waals surface area contributed by atoms with Crippen LogP contribution in [0, 0.1) is 0 Å². The van der Waals surface area contributed by atoms with Crippen LogP contribution in [0.25, 0.3) is 0 Å². The molecule has 8 heteroatoms. The lowest BCUT2D eigenvalue weighted by atomic mass is 10.1. The van der Waals surface area contributed by atoms with Gasteiger partial charge in [-0.05, 0) is 67.1 Å². The highest BCUT2D eigenvalue weighted by Gasteiger charge is 2.23. The fourth-order valence-corrected chi connectivity index (χ4v) is 4.50. The number of hydrogen-bond donors (Lipinski definition) is 1. The van der Waals surface area contributed by atoms with Crippen molar-refractivity contribution >= 4 is 29.1 Å². The van der Waals surface area contributed by atoms with Crippen LogP contribution in [0.2, 0.25) is 0 Å². The molecule has 3 aromatic carbocycles. The van der Waals surface area contributed by atoms with Gasteiger partial charge in [0.05, 0.1) is 7.11 Å². The number of carbonyl (C=O) groups is 3. The van der Waals surface area contributed by atoms with Crippen molar-refractivity contribution in [1.29, 1.82) is 0 Å². The van der Waals surface area contributed by atoms with Gasteiger partial charge in [-0.1, -0.05) is 25.1 Å². The van der Waals surface area contributed by atoms with E-state index >= 15 is 0 Å². The minimum absolute atomic E-state index is 0.00645. The molecule has 0 bridgehead atoms. The highest BCUT2D eigenvalue weighted by Crippen LogP contribution is 2.21. The molecule has 0 aromatic heterocycles. The number of nitrogens with one attached hydrogen (secondary N) is 1. The van der Waals surface area contributed by atoms with Crippen molar-refractivity contribution < 1.29 is 19.1 Å². The molecule has 38 heavy (non-hydrogen) atoms. The zero-order chi connectivity index (χ0) is 26.9. The van der Waals surface area contributed by atoms with Crippen LogP contribution in [0.4, 0.5) is 11.4 Å². The number of piperazine rings is 1. The van der Waals surface area contributed by atoms with Gasteiger partial charge in [0.25, 0.3) is 11.8 Å². The number of carbonyl (C=O) groups excluding carboxylic acids is 3. The van der Waals surface area contributed by atoms with E-state index in [1.807, 2.05) is 54.3 Å². The highest BCUT2D eigenvalue weighted by molar-refractivity contribution is 5.99. The van der Waals surface area contributed by atoms with E-state index in [1.165, 1.54) is 0 Å². The lowest BCUT2D eigenvalue weighted by Crippen LogP contribution is -2.48. The molecule has 8 nitrogen and oxygen atoms in total. The first-order valence-corrected chi connectivity index (χ1v) is 12.9. The van der Waals surface area contributed by atoms with Gasteiger partial charge in [-0.2, -0.15) is 0 Å². The summed E-state index contributed by atoms with van der Waals surface area (Å²) < 4.78 is 5.17. The second kappa shape index (κ2) is 12.8. The second-order valence-corrected chi connectivity index (χ2v) is 9.20. The maximum Gasteiger partial charge on any atom is 0.254 e. The summed E-state index contributed by atoms with van der Waals surface area (Å²) in [6, 6.07) is 23.9. The van der Waals surface area contributed by atoms with E-state index in [-0.39, 0.29) is 24.3 Å². The number of methoxy groups -OCH3 is 1. The van der Waals surface area contributed by atoms with Crippen molar-refractivity contribution in [1.82, 2.24) is 9.80 Å². The van der Waals surface area contributed by atoms with Crippen molar-refractivity contribution in [2.75, 3.05) is 56.6 Å². The van der Waals surface area contributed by atoms with Gasteiger partial charge in [0.15, 0.2) is 0 Å². The van der Waals surface area contributed by atoms with Gasteiger partial charge in [0.2, 0.25) is 5.91 Å². The molecule has 1 fully saturated rings. The van der Waals surface area contributed by atoms with Crippen LogP contribution in [-0.2, 0) is 4.79 Å². The molecule has 0 spiro atoms. The summed E-state index contributed by atoms with van der Waals surface area (Å²) >= 11 is 0. The Morgan fingerprint density at radius 2 is 1.50 bits per heavy atom. The Morgan fingerprint density at radius 3 is 2.11 bits per heavy atom. The molecule has 0 radical (unpaired) electrons. The average molecular weight is 515 g/mol. The van der Waals surface area contributed by atoms with E-state index in [2.05, 4.69) is 10.2 Å². The Labute approximate surface area is 223 Å². The first kappa shape index (κ1) is 26.7. The summed E-state index contributed by atoms with van der Waals surface area (Å²) in [6.45, 7) is 5.19. The van der Waals surface area contributed by atoms with Crippen molar-refractivity contribution in [3.05, 3.63) is 90.0 Å². The first-order chi connectivity index (χ1) is 18.5. The normalized spacial score (nSPS) is 13.1. The summed E-state index contributed by atoms with van der Waals surface area (Å²) in [7, 11) is 1.60. The topological polar surface area (TPSA) is 82.2 Å². The first-order valence-electron chi connectivity index (χ1n) is 12.9. The van der Waals surface area contributed by atoms with Crippen LogP contribution in [0.5, 0.6) is 5.75 Å². The summed E-state index contributed by atoms with van der Waals surface area (Å²) in [6.07, 6.45) is 0.763. The van der Waals surface area contributed by atoms with Crippen molar-refractivity contribution in [2.45, 2.75) is 13.3 Å². The lowest BCUT2D eigenvalue weighted by molar-refractivity contribution is -0.116. The highest BCUT2D eigenvalue weighted by atomic mass is 16.5. The average Bonchev–Trinajstić information content (AvgIpc) is 2.97. The van der Waals surface area contributed by atoms with Gasteiger partial charge < -0.3 is 24.8 Å². The number of amides is 3. The number of anilines is 2. The number of rotatable bonds is 9. The van der Waals surface area contributed by atoms with Crippen LogP contribution in [0.15, 0.2) is 78.9 Å². The third kappa shape index (κ3) is 6.70. The Hall–Kier alpha value is -4.33. The standard InChI is InChI=1S/C30H34N4O4/c1-3-17-34(30(37)23-7-5-4-6-8-23)22-28(35)31-25-11-13-26(14-12-25)32-18-20-33(21-19-32)29(36)24-9-15-27(38-2)16-10-24/h4-16H,3,17-22H2,1-2H3,(H,31,35). The zero-order valence-electron chi connectivity index (χ0n) is 21.9. The summed E-state index contributed by atoms with van der Waals surface area (Å²) in [5.74, 6) is 0.363. The quantitative estimate of drug-likeness (QED) is 0.464. The van der Waals surface area contributed by atoms with Crippen molar-refractivity contribution in [3.8, 4) is 5.75 Å². The molecule has 0 unspecified atom stereocenters. The summed E-state index contributed by atoms with van der Waals surface area (Å²) in [5.41, 5.74) is 2.94. The maximum absolute atomic E-state index is 12.8. The van der Waals surface area contributed by atoms with Gasteiger partial charge in [-0.25, -0.2) is 0 Å². The monoisotopic (exact) mass is 514 g/mol. The molecule has 1 aliphatic heterocycles. The van der Waals surface area contributed by atoms with E-state index in [0.717, 1.165) is 30.9 Å². The van der Waals surface area contributed by atoms with E-state index in [9.17, 15) is 14.4 Å². The predicted molar refractivity (Wildman–Crippen MR) is 149 cm³/mol. The van der Waals surface area contributed by atoms with Crippen molar-refractivity contribution in [3.63, 3.8) is 0 Å². The zero-order valence-corrected chi connectivity index (χ0v) is 21.9. The molecule has 1 saturated heterocycles. The Morgan fingerprint density at radius 1 is 0.842 bits per heavy atom. The molecule has 0 saturated carbocycles. The Bertz CT molecular complexity index is 1220. The van der Waals surface area contributed by atoms with Crippen LogP contribution < -0.4 is 15.0 Å². The van der Waals surface area contributed by atoms with Gasteiger partial charge in [0.1, 0.15) is 12.3 Å². The molecule has 1 aliphatic rings. The number of benzene rings is 3.